The Morgan fingerprint density at radius 3 is 2.88 bits per heavy atom. The summed E-state index contributed by atoms with van der Waals surface area (Å²) < 4.78 is 1.14. The highest BCUT2D eigenvalue weighted by Gasteiger charge is 2.01. The first-order valence-electron chi connectivity index (χ1n) is 5.80. The maximum atomic E-state index is 3.50. The van der Waals surface area contributed by atoms with E-state index in [0.717, 1.165) is 24.0 Å². The van der Waals surface area contributed by atoms with Crippen LogP contribution < -0.4 is 5.32 Å². The molecule has 1 aromatic heterocycles. The second kappa shape index (κ2) is 6.34. The Morgan fingerprint density at radius 2 is 2.12 bits per heavy atom. The van der Waals surface area contributed by atoms with Crippen molar-refractivity contribution >= 4 is 27.3 Å². The van der Waals surface area contributed by atoms with Gasteiger partial charge in [0.2, 0.25) is 0 Å². The Balaban J connectivity index is 1.87. The Hall–Kier alpha value is -0.640. The van der Waals surface area contributed by atoms with Crippen LogP contribution in [0.4, 0.5) is 0 Å². The number of hydrogen-bond donors (Lipinski definition) is 1. The Bertz CT molecular complexity index is 479. The maximum Gasteiger partial charge on any atom is 0.0305 e. The first-order valence-corrected chi connectivity index (χ1v) is 7.47. The molecule has 0 bridgehead atoms. The van der Waals surface area contributed by atoms with Crippen LogP contribution in [0.3, 0.4) is 0 Å². The summed E-state index contributed by atoms with van der Waals surface area (Å²) in [5.41, 5.74) is 2.78. The zero-order valence-electron chi connectivity index (χ0n) is 9.87. The van der Waals surface area contributed by atoms with Crippen molar-refractivity contribution < 1.29 is 0 Å². The van der Waals surface area contributed by atoms with Crippen LogP contribution in [0.5, 0.6) is 0 Å². The standard InChI is InChI=1S/C14H16BrNS/c1-2-12-6-7-17-14(12)10-16-9-11-4-3-5-13(15)8-11/h3-8,16H,2,9-10H2,1H3. The summed E-state index contributed by atoms with van der Waals surface area (Å²) in [4.78, 5) is 1.46. The lowest BCUT2D eigenvalue weighted by Gasteiger charge is -2.05. The van der Waals surface area contributed by atoms with Gasteiger partial charge in [0.05, 0.1) is 0 Å². The molecule has 2 rings (SSSR count). The molecule has 0 spiro atoms. The van der Waals surface area contributed by atoms with E-state index in [1.54, 1.807) is 0 Å². The van der Waals surface area contributed by atoms with Crippen LogP contribution in [0.1, 0.15) is 22.9 Å². The van der Waals surface area contributed by atoms with Gasteiger partial charge in [-0.05, 0) is 41.1 Å². The van der Waals surface area contributed by atoms with E-state index in [-0.39, 0.29) is 0 Å². The molecule has 0 atom stereocenters. The van der Waals surface area contributed by atoms with E-state index in [2.05, 4.69) is 63.9 Å². The molecule has 0 aliphatic heterocycles. The molecule has 0 saturated carbocycles. The number of benzene rings is 1. The van der Waals surface area contributed by atoms with Gasteiger partial charge in [-0.3, -0.25) is 0 Å². The van der Waals surface area contributed by atoms with Gasteiger partial charge in [-0.1, -0.05) is 35.0 Å². The van der Waals surface area contributed by atoms with E-state index in [0.29, 0.717) is 0 Å². The number of halogens is 1. The van der Waals surface area contributed by atoms with Crippen molar-refractivity contribution in [3.63, 3.8) is 0 Å². The highest BCUT2D eigenvalue weighted by Crippen LogP contribution is 2.17. The molecule has 17 heavy (non-hydrogen) atoms. The minimum Gasteiger partial charge on any atom is -0.308 e. The highest BCUT2D eigenvalue weighted by molar-refractivity contribution is 9.10. The monoisotopic (exact) mass is 309 g/mol. The SMILES string of the molecule is CCc1ccsc1CNCc1cccc(Br)c1. The first-order chi connectivity index (χ1) is 8.29. The average Bonchev–Trinajstić information content (AvgIpc) is 2.77. The van der Waals surface area contributed by atoms with E-state index >= 15 is 0 Å². The van der Waals surface area contributed by atoms with Crippen molar-refractivity contribution in [3.8, 4) is 0 Å². The summed E-state index contributed by atoms with van der Waals surface area (Å²) >= 11 is 5.33. The zero-order chi connectivity index (χ0) is 12.1. The second-order valence-electron chi connectivity index (χ2n) is 3.96. The Morgan fingerprint density at radius 1 is 1.24 bits per heavy atom. The minimum atomic E-state index is 0.917. The fourth-order valence-corrected chi connectivity index (χ4v) is 3.20. The molecule has 1 aromatic carbocycles. The molecule has 0 aliphatic rings. The number of aryl methyl sites for hydroxylation is 1. The lowest BCUT2D eigenvalue weighted by Crippen LogP contribution is -2.12. The fourth-order valence-electron chi connectivity index (χ4n) is 1.80. The summed E-state index contributed by atoms with van der Waals surface area (Å²) in [5, 5.41) is 5.67. The second-order valence-corrected chi connectivity index (χ2v) is 5.87. The molecule has 0 fully saturated rings. The molecule has 1 heterocycles. The molecule has 2 aromatic rings. The van der Waals surface area contributed by atoms with E-state index < -0.39 is 0 Å². The average molecular weight is 310 g/mol. The van der Waals surface area contributed by atoms with Gasteiger partial charge in [-0.15, -0.1) is 11.3 Å². The molecule has 1 N–H and O–H groups in total. The predicted molar refractivity (Wildman–Crippen MR) is 78.4 cm³/mol. The molecule has 0 aliphatic carbocycles. The zero-order valence-corrected chi connectivity index (χ0v) is 12.3. The van der Waals surface area contributed by atoms with Gasteiger partial charge in [0.1, 0.15) is 0 Å². The van der Waals surface area contributed by atoms with Gasteiger partial charge in [-0.25, -0.2) is 0 Å². The Labute approximate surface area is 115 Å². The van der Waals surface area contributed by atoms with Crippen LogP contribution >= 0.6 is 27.3 Å². The molecule has 0 radical (unpaired) electrons. The third-order valence-corrected chi connectivity index (χ3v) is 4.18. The van der Waals surface area contributed by atoms with Crippen molar-refractivity contribution in [1.82, 2.24) is 5.32 Å². The molecule has 1 nitrogen and oxygen atoms in total. The predicted octanol–water partition coefficient (Wildman–Crippen LogP) is 4.36. The van der Waals surface area contributed by atoms with Gasteiger partial charge < -0.3 is 5.32 Å². The third-order valence-electron chi connectivity index (χ3n) is 2.72. The van der Waals surface area contributed by atoms with Crippen molar-refractivity contribution in [1.29, 1.82) is 0 Å². The first kappa shape index (κ1) is 12.8. The molecule has 90 valence electrons. The van der Waals surface area contributed by atoms with E-state index in [4.69, 9.17) is 0 Å². The third kappa shape index (κ3) is 3.66. The molecular formula is C14H16BrNS. The van der Waals surface area contributed by atoms with Gasteiger partial charge in [0.15, 0.2) is 0 Å². The molecule has 0 unspecified atom stereocenters. The topological polar surface area (TPSA) is 12.0 Å². The molecule has 0 amide bonds. The van der Waals surface area contributed by atoms with Crippen LogP contribution in [0.2, 0.25) is 0 Å². The largest absolute Gasteiger partial charge is 0.308 e. The van der Waals surface area contributed by atoms with Gasteiger partial charge in [0.25, 0.3) is 0 Å². The smallest absolute Gasteiger partial charge is 0.0305 e. The highest BCUT2D eigenvalue weighted by atomic mass is 79.9. The summed E-state index contributed by atoms with van der Waals surface area (Å²) in [7, 11) is 0. The Kier molecular flexibility index (Phi) is 4.77. The van der Waals surface area contributed by atoms with Crippen molar-refractivity contribution in [3.05, 3.63) is 56.2 Å². The van der Waals surface area contributed by atoms with E-state index in [9.17, 15) is 0 Å². The quantitative estimate of drug-likeness (QED) is 0.865. The molecule has 0 saturated heterocycles. The van der Waals surface area contributed by atoms with Crippen molar-refractivity contribution in [2.45, 2.75) is 26.4 Å². The number of rotatable bonds is 5. The number of nitrogens with one attached hydrogen (secondary N) is 1. The van der Waals surface area contributed by atoms with Gasteiger partial charge >= 0.3 is 0 Å². The van der Waals surface area contributed by atoms with Gasteiger partial charge in [-0.2, -0.15) is 0 Å². The minimum absolute atomic E-state index is 0.917. The summed E-state index contributed by atoms with van der Waals surface area (Å²) in [6.07, 6.45) is 1.12. The van der Waals surface area contributed by atoms with Crippen LogP contribution in [0.25, 0.3) is 0 Å². The maximum absolute atomic E-state index is 3.50. The van der Waals surface area contributed by atoms with Crippen LogP contribution in [0.15, 0.2) is 40.2 Å². The van der Waals surface area contributed by atoms with E-state index in [1.807, 2.05) is 11.3 Å². The normalized spacial score (nSPS) is 10.7. The molecule has 3 heteroatoms. The summed E-state index contributed by atoms with van der Waals surface area (Å²) in [5.74, 6) is 0. The van der Waals surface area contributed by atoms with Crippen LogP contribution in [-0.2, 0) is 19.5 Å². The summed E-state index contributed by atoms with van der Waals surface area (Å²) in [6.45, 7) is 4.09. The van der Waals surface area contributed by atoms with Crippen molar-refractivity contribution in [2.24, 2.45) is 0 Å². The molecular weight excluding hydrogens is 294 g/mol. The van der Waals surface area contributed by atoms with Crippen LogP contribution in [-0.4, -0.2) is 0 Å². The lowest BCUT2D eigenvalue weighted by atomic mass is 10.2. The fraction of sp³-hybridized carbons (Fsp3) is 0.286. The number of thiophene rings is 1. The van der Waals surface area contributed by atoms with Gasteiger partial charge in [0, 0.05) is 22.4 Å². The lowest BCUT2D eigenvalue weighted by molar-refractivity contribution is 0.696. The van der Waals surface area contributed by atoms with Crippen LogP contribution in [0, 0.1) is 0 Å². The van der Waals surface area contributed by atoms with Crippen molar-refractivity contribution in [2.75, 3.05) is 0 Å². The summed E-state index contributed by atoms with van der Waals surface area (Å²) in [6, 6.07) is 10.7. The van der Waals surface area contributed by atoms with E-state index in [1.165, 1.54) is 16.0 Å². The number of hydrogen-bond acceptors (Lipinski definition) is 2.